The van der Waals surface area contributed by atoms with Gasteiger partial charge in [0, 0.05) is 17.4 Å². The van der Waals surface area contributed by atoms with Crippen LogP contribution in [0.3, 0.4) is 0 Å². The second-order valence-electron chi connectivity index (χ2n) is 4.00. The highest BCUT2D eigenvalue weighted by atomic mass is 32.1. The lowest BCUT2D eigenvalue weighted by atomic mass is 10.1. The van der Waals surface area contributed by atoms with Crippen molar-refractivity contribution in [3.8, 4) is 0 Å². The molecule has 0 amide bonds. The second-order valence-corrected chi connectivity index (χ2v) is 4.44. The number of nitrogens with one attached hydrogen (secondary N) is 1. The molecule has 2 aromatic rings. The zero-order valence-corrected chi connectivity index (χ0v) is 11.2. The Bertz CT molecular complexity index is 615. The monoisotopic (exact) mass is 276 g/mol. The standard InChI is InChI=1S/C13H13FN4S/c1-8-16-5-4-10(18-8)7-17-12-3-2-9(14)6-11(12)13(15)19/h2-6,17H,7H2,1H3,(H2,15,19). The summed E-state index contributed by atoms with van der Waals surface area (Å²) in [5.41, 5.74) is 7.59. The first-order valence-electron chi connectivity index (χ1n) is 5.68. The Kier molecular flexibility index (Phi) is 4.01. The molecule has 0 fully saturated rings. The smallest absolute Gasteiger partial charge is 0.125 e. The molecule has 3 N–H and O–H groups in total. The molecule has 4 nitrogen and oxygen atoms in total. The molecule has 0 aliphatic carbocycles. The normalized spacial score (nSPS) is 10.2. The molecule has 0 aliphatic heterocycles. The summed E-state index contributed by atoms with van der Waals surface area (Å²) in [6.07, 6.45) is 1.69. The summed E-state index contributed by atoms with van der Waals surface area (Å²) in [5, 5.41) is 3.14. The molecule has 98 valence electrons. The van der Waals surface area contributed by atoms with Gasteiger partial charge in [0.1, 0.15) is 16.6 Å². The molecule has 1 aromatic carbocycles. The molecule has 19 heavy (non-hydrogen) atoms. The maximum absolute atomic E-state index is 13.2. The molecule has 6 heteroatoms. The van der Waals surface area contributed by atoms with E-state index in [-0.39, 0.29) is 10.8 Å². The Hall–Kier alpha value is -2.08. The predicted molar refractivity (Wildman–Crippen MR) is 76.4 cm³/mol. The van der Waals surface area contributed by atoms with Crippen molar-refractivity contribution in [2.24, 2.45) is 5.73 Å². The Morgan fingerprint density at radius 3 is 2.89 bits per heavy atom. The van der Waals surface area contributed by atoms with Gasteiger partial charge in [0.2, 0.25) is 0 Å². The highest BCUT2D eigenvalue weighted by Crippen LogP contribution is 2.17. The molecule has 1 aromatic heterocycles. The fraction of sp³-hybridized carbons (Fsp3) is 0.154. The molecule has 0 unspecified atom stereocenters. The number of aromatic nitrogens is 2. The van der Waals surface area contributed by atoms with Gasteiger partial charge in [0.15, 0.2) is 0 Å². The van der Waals surface area contributed by atoms with Crippen LogP contribution in [-0.2, 0) is 6.54 Å². The van der Waals surface area contributed by atoms with Gasteiger partial charge in [-0.15, -0.1) is 0 Å². The zero-order chi connectivity index (χ0) is 13.8. The van der Waals surface area contributed by atoms with Crippen molar-refractivity contribution in [2.75, 3.05) is 5.32 Å². The lowest BCUT2D eigenvalue weighted by Crippen LogP contribution is -2.14. The van der Waals surface area contributed by atoms with Gasteiger partial charge in [-0.2, -0.15) is 0 Å². The predicted octanol–water partition coefficient (Wildman–Crippen LogP) is 2.17. The Balaban J connectivity index is 2.17. The van der Waals surface area contributed by atoms with Crippen molar-refractivity contribution in [1.82, 2.24) is 9.97 Å². The first kappa shape index (κ1) is 13.4. The van der Waals surface area contributed by atoms with Crippen molar-refractivity contribution in [2.45, 2.75) is 13.5 Å². The molecular weight excluding hydrogens is 263 g/mol. The number of hydrogen-bond donors (Lipinski definition) is 2. The number of aryl methyl sites for hydroxylation is 1. The van der Waals surface area contributed by atoms with Crippen LogP contribution < -0.4 is 11.1 Å². The van der Waals surface area contributed by atoms with Gasteiger partial charge in [0.25, 0.3) is 0 Å². The number of hydrogen-bond acceptors (Lipinski definition) is 4. The van der Waals surface area contributed by atoms with E-state index in [4.69, 9.17) is 18.0 Å². The van der Waals surface area contributed by atoms with Gasteiger partial charge in [-0.3, -0.25) is 0 Å². The van der Waals surface area contributed by atoms with Gasteiger partial charge in [-0.25, -0.2) is 14.4 Å². The van der Waals surface area contributed by atoms with Crippen LogP contribution in [0.15, 0.2) is 30.5 Å². The van der Waals surface area contributed by atoms with E-state index in [9.17, 15) is 4.39 Å². The molecule has 0 aliphatic rings. The van der Waals surface area contributed by atoms with Gasteiger partial charge < -0.3 is 11.1 Å². The van der Waals surface area contributed by atoms with Gasteiger partial charge in [-0.05, 0) is 31.2 Å². The maximum atomic E-state index is 13.2. The molecule has 0 saturated carbocycles. The van der Waals surface area contributed by atoms with E-state index in [1.54, 1.807) is 12.3 Å². The van der Waals surface area contributed by atoms with Crippen LogP contribution in [0, 0.1) is 12.7 Å². The van der Waals surface area contributed by atoms with Crippen molar-refractivity contribution in [1.29, 1.82) is 0 Å². The van der Waals surface area contributed by atoms with Crippen LogP contribution in [0.2, 0.25) is 0 Å². The molecule has 0 spiro atoms. The number of rotatable bonds is 4. The van der Waals surface area contributed by atoms with Crippen LogP contribution in [0.1, 0.15) is 17.1 Å². The van der Waals surface area contributed by atoms with E-state index in [0.717, 1.165) is 5.69 Å². The van der Waals surface area contributed by atoms with Gasteiger partial charge in [-0.1, -0.05) is 12.2 Å². The molecule has 0 radical (unpaired) electrons. The molecule has 2 rings (SSSR count). The highest BCUT2D eigenvalue weighted by Gasteiger charge is 2.07. The minimum Gasteiger partial charge on any atom is -0.389 e. The maximum Gasteiger partial charge on any atom is 0.125 e. The number of anilines is 1. The van der Waals surface area contributed by atoms with Crippen molar-refractivity contribution < 1.29 is 4.39 Å². The van der Waals surface area contributed by atoms with Crippen LogP contribution in [0.5, 0.6) is 0 Å². The summed E-state index contributed by atoms with van der Waals surface area (Å²) in [7, 11) is 0. The van der Waals surface area contributed by atoms with Crippen LogP contribution in [0.4, 0.5) is 10.1 Å². The SMILES string of the molecule is Cc1nccc(CNc2ccc(F)cc2C(N)=S)n1. The summed E-state index contributed by atoms with van der Waals surface area (Å²) in [5.74, 6) is 0.333. The van der Waals surface area contributed by atoms with Crippen LogP contribution >= 0.6 is 12.2 Å². The average molecular weight is 276 g/mol. The van der Waals surface area contributed by atoms with E-state index in [2.05, 4.69) is 15.3 Å². The highest BCUT2D eigenvalue weighted by molar-refractivity contribution is 7.80. The summed E-state index contributed by atoms with van der Waals surface area (Å²) < 4.78 is 13.2. The lowest BCUT2D eigenvalue weighted by Gasteiger charge is -2.11. The number of thiocarbonyl (C=S) groups is 1. The quantitative estimate of drug-likeness (QED) is 0.838. The van der Waals surface area contributed by atoms with Crippen molar-refractivity contribution in [3.05, 3.63) is 53.4 Å². The molecule has 0 atom stereocenters. The average Bonchev–Trinajstić information content (AvgIpc) is 2.37. The summed E-state index contributed by atoms with van der Waals surface area (Å²) >= 11 is 4.91. The van der Waals surface area contributed by atoms with E-state index >= 15 is 0 Å². The third-order valence-corrected chi connectivity index (χ3v) is 2.76. The Labute approximate surface area is 115 Å². The third kappa shape index (κ3) is 3.45. The fourth-order valence-electron chi connectivity index (χ4n) is 1.66. The summed E-state index contributed by atoms with van der Waals surface area (Å²) in [6, 6.07) is 6.09. The summed E-state index contributed by atoms with van der Waals surface area (Å²) in [6.45, 7) is 2.31. The summed E-state index contributed by atoms with van der Waals surface area (Å²) in [4.78, 5) is 8.45. The van der Waals surface area contributed by atoms with E-state index in [1.165, 1.54) is 12.1 Å². The first-order valence-corrected chi connectivity index (χ1v) is 6.09. The number of halogens is 1. The topological polar surface area (TPSA) is 63.8 Å². The zero-order valence-electron chi connectivity index (χ0n) is 10.4. The fourth-order valence-corrected chi connectivity index (χ4v) is 1.83. The first-order chi connectivity index (χ1) is 9.06. The van der Waals surface area contributed by atoms with E-state index in [1.807, 2.05) is 13.0 Å². The lowest BCUT2D eigenvalue weighted by molar-refractivity contribution is 0.627. The third-order valence-electron chi connectivity index (χ3n) is 2.54. The largest absolute Gasteiger partial charge is 0.389 e. The van der Waals surface area contributed by atoms with E-state index < -0.39 is 0 Å². The molecule has 0 bridgehead atoms. The van der Waals surface area contributed by atoms with Crippen LogP contribution in [0.25, 0.3) is 0 Å². The minimum atomic E-state index is -0.369. The number of nitrogens with zero attached hydrogens (tertiary/aromatic N) is 2. The molecule has 0 saturated heterocycles. The van der Waals surface area contributed by atoms with Crippen molar-refractivity contribution in [3.63, 3.8) is 0 Å². The molecular formula is C13H13FN4S. The second kappa shape index (κ2) is 5.71. The molecule has 1 heterocycles. The number of benzene rings is 1. The van der Waals surface area contributed by atoms with Gasteiger partial charge in [0.05, 0.1) is 12.2 Å². The Morgan fingerprint density at radius 1 is 1.42 bits per heavy atom. The van der Waals surface area contributed by atoms with Gasteiger partial charge >= 0.3 is 0 Å². The minimum absolute atomic E-state index is 0.154. The van der Waals surface area contributed by atoms with Crippen LogP contribution in [-0.4, -0.2) is 15.0 Å². The Morgan fingerprint density at radius 2 is 2.21 bits per heavy atom. The van der Waals surface area contributed by atoms with Crippen molar-refractivity contribution >= 4 is 22.9 Å². The number of nitrogens with two attached hydrogens (primary N) is 1. The van der Waals surface area contributed by atoms with E-state index in [0.29, 0.717) is 23.6 Å².